The Kier molecular flexibility index (Phi) is 6.20. The first-order chi connectivity index (χ1) is 13.4. The molecule has 4 unspecified atom stereocenters. The van der Waals surface area contributed by atoms with E-state index in [1.807, 2.05) is 0 Å². The second kappa shape index (κ2) is 8.61. The molecule has 28 heavy (non-hydrogen) atoms. The maximum atomic E-state index is 11.2. The number of carboxylic acid groups (broad SMARTS) is 2. The van der Waals surface area contributed by atoms with E-state index in [9.17, 15) is 14.7 Å². The number of hydrogen-bond donors (Lipinski definition) is 3. The van der Waals surface area contributed by atoms with Crippen LogP contribution in [0.3, 0.4) is 0 Å². The van der Waals surface area contributed by atoms with Crippen molar-refractivity contribution in [3.05, 3.63) is 23.5 Å². The highest BCUT2D eigenvalue weighted by molar-refractivity contribution is 6.03. The molecule has 0 bridgehead atoms. The van der Waals surface area contributed by atoms with Crippen molar-refractivity contribution in [3.8, 4) is 12.3 Å². The lowest BCUT2D eigenvalue weighted by Gasteiger charge is -2.40. The number of terminal acetylenes is 1. The van der Waals surface area contributed by atoms with E-state index in [4.69, 9.17) is 17.3 Å². The Morgan fingerprint density at radius 3 is 2.75 bits per heavy atom. The molecule has 0 aromatic rings. The van der Waals surface area contributed by atoms with E-state index in [0.29, 0.717) is 19.3 Å². The van der Waals surface area contributed by atoms with Gasteiger partial charge in [0.25, 0.3) is 0 Å². The Morgan fingerprint density at radius 2 is 2.07 bits per heavy atom. The quantitative estimate of drug-likeness (QED) is 0.578. The van der Waals surface area contributed by atoms with Crippen molar-refractivity contribution < 1.29 is 19.8 Å². The lowest BCUT2D eigenvalue weighted by Crippen LogP contribution is -2.39. The van der Waals surface area contributed by atoms with Crippen LogP contribution in [0.2, 0.25) is 0 Å². The molecule has 3 rings (SSSR count). The van der Waals surface area contributed by atoms with E-state index in [-0.39, 0.29) is 12.0 Å². The molecule has 3 aliphatic heterocycles. The molecule has 0 amide bonds. The van der Waals surface area contributed by atoms with Gasteiger partial charge in [-0.25, -0.2) is 4.79 Å². The van der Waals surface area contributed by atoms with Gasteiger partial charge in [0, 0.05) is 36.5 Å². The van der Waals surface area contributed by atoms with Gasteiger partial charge in [-0.1, -0.05) is 5.92 Å². The number of rotatable bonds is 7. The SMILES string of the molecule is C#CC(CCCC(N)C(=O)O)C1=CN2C=C3CCC(C(=O)O)N=C3CC2CC1. The third-order valence-corrected chi connectivity index (χ3v) is 5.87. The maximum Gasteiger partial charge on any atom is 0.328 e. The first-order valence-corrected chi connectivity index (χ1v) is 9.82. The van der Waals surface area contributed by atoms with Crippen molar-refractivity contribution in [2.75, 3.05) is 0 Å². The molecule has 7 heteroatoms. The molecule has 4 atom stereocenters. The molecule has 0 saturated heterocycles. The summed E-state index contributed by atoms with van der Waals surface area (Å²) in [6.45, 7) is 0. The third kappa shape index (κ3) is 4.45. The highest BCUT2D eigenvalue weighted by atomic mass is 16.4. The number of allylic oxidation sites excluding steroid dienone is 2. The lowest BCUT2D eigenvalue weighted by atomic mass is 9.83. The number of fused-ring (bicyclic) bond motifs is 2. The van der Waals surface area contributed by atoms with Gasteiger partial charge >= 0.3 is 11.9 Å². The summed E-state index contributed by atoms with van der Waals surface area (Å²) >= 11 is 0. The zero-order chi connectivity index (χ0) is 20.3. The van der Waals surface area contributed by atoms with Gasteiger partial charge in [0.2, 0.25) is 0 Å². The number of hydrogen-bond acceptors (Lipinski definition) is 5. The normalized spacial score (nSPS) is 25.9. The number of nitrogens with two attached hydrogens (primary N) is 1. The van der Waals surface area contributed by atoms with E-state index in [1.54, 1.807) is 0 Å². The molecule has 150 valence electrons. The molecular weight excluding hydrogens is 358 g/mol. The molecule has 0 aliphatic carbocycles. The second-order valence-corrected chi connectivity index (χ2v) is 7.77. The van der Waals surface area contributed by atoms with Crippen LogP contribution in [0, 0.1) is 18.3 Å². The Hall–Kier alpha value is -2.59. The Bertz CT molecular complexity index is 777. The van der Waals surface area contributed by atoms with Gasteiger partial charge in [-0.2, -0.15) is 0 Å². The van der Waals surface area contributed by atoms with Crippen LogP contribution in [0.25, 0.3) is 0 Å². The molecule has 0 aromatic heterocycles. The van der Waals surface area contributed by atoms with Crippen molar-refractivity contribution in [2.45, 2.75) is 69.5 Å². The number of carboxylic acids is 2. The number of aliphatic carboxylic acids is 2. The van der Waals surface area contributed by atoms with Gasteiger partial charge in [0.05, 0.1) is 0 Å². The van der Waals surface area contributed by atoms with Crippen LogP contribution >= 0.6 is 0 Å². The summed E-state index contributed by atoms with van der Waals surface area (Å²) in [6.07, 6.45) is 15.7. The number of aliphatic imine (C=N–C) groups is 1. The minimum Gasteiger partial charge on any atom is -0.480 e. The molecule has 0 saturated carbocycles. The summed E-state index contributed by atoms with van der Waals surface area (Å²) in [5, 5.41) is 18.1. The molecule has 0 radical (unpaired) electrons. The molecule has 4 N–H and O–H groups in total. The minimum absolute atomic E-state index is 0.0156. The summed E-state index contributed by atoms with van der Waals surface area (Å²) in [5.74, 6) is 1.01. The van der Waals surface area contributed by atoms with E-state index in [2.05, 4.69) is 28.2 Å². The average molecular weight is 385 g/mol. The molecule has 0 aromatic carbocycles. The minimum atomic E-state index is -0.980. The van der Waals surface area contributed by atoms with E-state index >= 15 is 0 Å². The van der Waals surface area contributed by atoms with Gasteiger partial charge < -0.3 is 20.8 Å². The van der Waals surface area contributed by atoms with E-state index < -0.39 is 24.0 Å². The summed E-state index contributed by atoms with van der Waals surface area (Å²) in [4.78, 5) is 28.7. The summed E-state index contributed by atoms with van der Waals surface area (Å²) in [5.41, 5.74) is 8.82. The highest BCUT2D eigenvalue weighted by Gasteiger charge is 2.33. The summed E-state index contributed by atoms with van der Waals surface area (Å²) in [7, 11) is 0. The van der Waals surface area contributed by atoms with Gasteiger partial charge in [0.1, 0.15) is 12.1 Å². The van der Waals surface area contributed by atoms with Crippen molar-refractivity contribution in [1.29, 1.82) is 0 Å². The molecule has 7 nitrogen and oxygen atoms in total. The fourth-order valence-corrected chi connectivity index (χ4v) is 4.18. The molecule has 3 heterocycles. The molecule has 0 fully saturated rings. The Labute approximate surface area is 165 Å². The summed E-state index contributed by atoms with van der Waals surface area (Å²) < 4.78 is 0. The average Bonchev–Trinajstić information content (AvgIpc) is 2.68. The van der Waals surface area contributed by atoms with Gasteiger partial charge in [-0.15, -0.1) is 6.42 Å². The van der Waals surface area contributed by atoms with Crippen molar-refractivity contribution in [2.24, 2.45) is 16.6 Å². The fourth-order valence-electron chi connectivity index (χ4n) is 4.18. The predicted molar refractivity (Wildman–Crippen MR) is 106 cm³/mol. The zero-order valence-electron chi connectivity index (χ0n) is 15.9. The topological polar surface area (TPSA) is 116 Å². The van der Waals surface area contributed by atoms with Crippen LogP contribution < -0.4 is 5.73 Å². The van der Waals surface area contributed by atoms with Crippen molar-refractivity contribution in [1.82, 2.24) is 4.90 Å². The summed E-state index contributed by atoms with van der Waals surface area (Å²) in [6, 6.07) is -1.16. The van der Waals surface area contributed by atoms with Gasteiger partial charge in [-0.3, -0.25) is 9.79 Å². The number of carbonyl (C=O) groups is 2. The highest BCUT2D eigenvalue weighted by Crippen LogP contribution is 2.35. The third-order valence-electron chi connectivity index (χ3n) is 5.87. The van der Waals surface area contributed by atoms with E-state index in [1.165, 1.54) is 5.57 Å². The predicted octanol–water partition coefficient (Wildman–Crippen LogP) is 2.14. The maximum absolute atomic E-state index is 11.2. The number of nitrogens with zero attached hydrogens (tertiary/aromatic N) is 2. The Morgan fingerprint density at radius 1 is 1.29 bits per heavy atom. The standard InChI is InChI=1S/C21H27N3O4/c1-2-13(4-3-5-17(22)20(25)26)14-6-8-16-10-19-15(12-24(16)11-14)7-9-18(23-19)21(27)28/h1,11-13,16-18H,3-10,22H2,(H,25,26)(H,27,28). The van der Waals surface area contributed by atoms with E-state index in [0.717, 1.165) is 43.4 Å². The van der Waals surface area contributed by atoms with Crippen molar-refractivity contribution >= 4 is 17.7 Å². The molecular formula is C21H27N3O4. The fraction of sp³-hybridized carbons (Fsp3) is 0.571. The van der Waals surface area contributed by atoms with Gasteiger partial charge in [0.15, 0.2) is 0 Å². The smallest absolute Gasteiger partial charge is 0.328 e. The zero-order valence-corrected chi connectivity index (χ0v) is 15.9. The first-order valence-electron chi connectivity index (χ1n) is 9.82. The van der Waals surface area contributed by atoms with Crippen LogP contribution in [0.5, 0.6) is 0 Å². The van der Waals surface area contributed by atoms with Crippen LogP contribution in [-0.2, 0) is 9.59 Å². The largest absolute Gasteiger partial charge is 0.480 e. The monoisotopic (exact) mass is 385 g/mol. The van der Waals surface area contributed by atoms with Gasteiger partial charge in [-0.05, 0) is 56.1 Å². The molecule has 3 aliphatic rings. The van der Waals surface area contributed by atoms with Crippen LogP contribution in [0.15, 0.2) is 28.5 Å². The van der Waals surface area contributed by atoms with Crippen LogP contribution in [-0.4, -0.2) is 50.9 Å². The van der Waals surface area contributed by atoms with Crippen LogP contribution in [0.4, 0.5) is 0 Å². The second-order valence-electron chi connectivity index (χ2n) is 7.77. The molecule has 0 spiro atoms. The lowest BCUT2D eigenvalue weighted by molar-refractivity contribution is -0.139. The first kappa shape index (κ1) is 20.2. The Balaban J connectivity index is 1.68. The van der Waals surface area contributed by atoms with Crippen molar-refractivity contribution in [3.63, 3.8) is 0 Å². The van der Waals surface area contributed by atoms with Crippen LogP contribution in [0.1, 0.15) is 51.4 Å².